The summed E-state index contributed by atoms with van der Waals surface area (Å²) >= 11 is 3.44. The third-order valence-electron chi connectivity index (χ3n) is 3.65. The molecule has 0 unspecified atom stereocenters. The second kappa shape index (κ2) is 6.79. The highest BCUT2D eigenvalue weighted by molar-refractivity contribution is 9.10. The van der Waals surface area contributed by atoms with Crippen molar-refractivity contribution in [3.05, 3.63) is 76.9 Å². The van der Waals surface area contributed by atoms with Crippen LogP contribution < -0.4 is 4.74 Å². The highest BCUT2D eigenvalue weighted by Crippen LogP contribution is 2.27. The number of carbonyl (C=O) groups excluding carboxylic acids is 1. The van der Waals surface area contributed by atoms with Gasteiger partial charge in [-0.1, -0.05) is 52.3 Å². The average molecular weight is 358 g/mol. The molecule has 4 heteroatoms. The maximum Gasteiger partial charge on any atom is 0.419 e. The second-order valence-electron chi connectivity index (χ2n) is 5.20. The minimum atomic E-state index is -0.343. The third kappa shape index (κ3) is 3.57. The molecular formula is C18H16BrNO2. The van der Waals surface area contributed by atoms with Crippen molar-refractivity contribution in [1.29, 1.82) is 0 Å². The molecule has 0 aliphatic carbocycles. The summed E-state index contributed by atoms with van der Waals surface area (Å²) < 4.78 is 6.44. The van der Waals surface area contributed by atoms with Crippen molar-refractivity contribution in [3.8, 4) is 5.75 Å². The van der Waals surface area contributed by atoms with Gasteiger partial charge in [0.2, 0.25) is 0 Å². The van der Waals surface area contributed by atoms with Crippen LogP contribution in [0.3, 0.4) is 0 Å². The van der Waals surface area contributed by atoms with E-state index in [2.05, 4.69) is 28.1 Å². The molecule has 0 saturated heterocycles. The molecule has 1 amide bonds. The summed E-state index contributed by atoms with van der Waals surface area (Å²) in [6, 6.07) is 17.4. The Labute approximate surface area is 138 Å². The maximum atomic E-state index is 12.2. The van der Waals surface area contributed by atoms with Gasteiger partial charge in [0, 0.05) is 23.1 Å². The van der Waals surface area contributed by atoms with Gasteiger partial charge >= 0.3 is 6.09 Å². The predicted molar refractivity (Wildman–Crippen MR) is 89.8 cm³/mol. The molecule has 0 aromatic heterocycles. The maximum absolute atomic E-state index is 12.2. The number of carbonyl (C=O) groups is 1. The molecule has 3 nitrogen and oxygen atoms in total. The van der Waals surface area contributed by atoms with Gasteiger partial charge in [-0.05, 0) is 36.2 Å². The number of hydrogen-bond acceptors (Lipinski definition) is 2. The highest BCUT2D eigenvalue weighted by atomic mass is 79.9. The summed E-state index contributed by atoms with van der Waals surface area (Å²) in [5, 5.41) is 0. The van der Waals surface area contributed by atoms with Gasteiger partial charge in [0.25, 0.3) is 0 Å². The van der Waals surface area contributed by atoms with Gasteiger partial charge in [0.1, 0.15) is 5.75 Å². The topological polar surface area (TPSA) is 29.5 Å². The van der Waals surface area contributed by atoms with Gasteiger partial charge < -0.3 is 4.74 Å². The molecule has 112 valence electrons. The molecule has 0 bridgehead atoms. The highest BCUT2D eigenvalue weighted by Gasteiger charge is 2.22. The Balaban J connectivity index is 1.68. The van der Waals surface area contributed by atoms with Crippen LogP contribution in [0.5, 0.6) is 5.75 Å². The standard InChI is InChI=1S/C18H16BrNO2/c19-16-10-8-14(9-11-16)15-5-4-12-20(13-15)18(21)22-17-6-2-1-3-7-17/h1-4,6-12,15H,5,13H2/t15-/m1/s1. The Kier molecular flexibility index (Phi) is 4.59. The number of amides is 1. The molecule has 0 fully saturated rings. The zero-order valence-corrected chi connectivity index (χ0v) is 13.6. The number of halogens is 1. The number of ether oxygens (including phenoxy) is 1. The normalized spacial score (nSPS) is 17.3. The lowest BCUT2D eigenvalue weighted by molar-refractivity contribution is 0.165. The summed E-state index contributed by atoms with van der Waals surface area (Å²) in [6.07, 6.45) is 4.41. The van der Waals surface area contributed by atoms with Crippen molar-refractivity contribution in [1.82, 2.24) is 4.90 Å². The second-order valence-corrected chi connectivity index (χ2v) is 6.12. The van der Waals surface area contributed by atoms with Crippen molar-refractivity contribution in [2.24, 2.45) is 0 Å². The quantitative estimate of drug-likeness (QED) is 0.760. The first-order valence-corrected chi connectivity index (χ1v) is 7.97. The minimum absolute atomic E-state index is 0.293. The number of nitrogens with zero attached hydrogens (tertiary/aromatic N) is 1. The van der Waals surface area contributed by atoms with E-state index in [1.807, 2.05) is 36.4 Å². The first-order chi connectivity index (χ1) is 10.7. The van der Waals surface area contributed by atoms with Crippen LogP contribution >= 0.6 is 15.9 Å². The Morgan fingerprint density at radius 2 is 1.82 bits per heavy atom. The molecule has 1 aliphatic rings. The lowest BCUT2D eigenvalue weighted by atomic mass is 9.93. The molecule has 2 aromatic rings. The molecule has 2 aromatic carbocycles. The van der Waals surface area contributed by atoms with Crippen LogP contribution in [-0.4, -0.2) is 17.5 Å². The fourth-order valence-electron chi connectivity index (χ4n) is 2.49. The van der Waals surface area contributed by atoms with Crippen molar-refractivity contribution >= 4 is 22.0 Å². The zero-order chi connectivity index (χ0) is 15.4. The van der Waals surface area contributed by atoms with Gasteiger partial charge in [-0.2, -0.15) is 0 Å². The van der Waals surface area contributed by atoms with E-state index in [4.69, 9.17) is 4.74 Å². The Morgan fingerprint density at radius 1 is 1.09 bits per heavy atom. The van der Waals surface area contributed by atoms with Crippen molar-refractivity contribution in [2.75, 3.05) is 6.54 Å². The van der Waals surface area contributed by atoms with Gasteiger partial charge in [0.15, 0.2) is 0 Å². The van der Waals surface area contributed by atoms with E-state index in [1.165, 1.54) is 5.56 Å². The van der Waals surface area contributed by atoms with Gasteiger partial charge in [0.05, 0.1) is 0 Å². The van der Waals surface area contributed by atoms with Crippen LogP contribution in [0.15, 0.2) is 71.3 Å². The molecule has 1 aliphatic heterocycles. The monoisotopic (exact) mass is 357 g/mol. The number of benzene rings is 2. The minimum Gasteiger partial charge on any atom is -0.410 e. The summed E-state index contributed by atoms with van der Waals surface area (Å²) in [5.41, 5.74) is 1.23. The Hall–Kier alpha value is -2.07. The molecule has 0 N–H and O–H groups in total. The average Bonchev–Trinajstić information content (AvgIpc) is 2.56. The van der Waals surface area contributed by atoms with Crippen LogP contribution in [-0.2, 0) is 0 Å². The van der Waals surface area contributed by atoms with Crippen molar-refractivity contribution < 1.29 is 9.53 Å². The van der Waals surface area contributed by atoms with Crippen molar-refractivity contribution in [2.45, 2.75) is 12.3 Å². The first kappa shape index (κ1) is 14.9. The van der Waals surface area contributed by atoms with E-state index < -0.39 is 0 Å². The molecule has 0 saturated carbocycles. The number of para-hydroxylation sites is 1. The first-order valence-electron chi connectivity index (χ1n) is 7.18. The van der Waals surface area contributed by atoms with Crippen LogP contribution in [0.2, 0.25) is 0 Å². The summed E-state index contributed by atoms with van der Waals surface area (Å²) in [5.74, 6) is 0.855. The van der Waals surface area contributed by atoms with Crippen LogP contribution in [0.4, 0.5) is 4.79 Å². The summed E-state index contributed by atoms with van der Waals surface area (Å²) in [6.45, 7) is 0.629. The summed E-state index contributed by atoms with van der Waals surface area (Å²) in [4.78, 5) is 13.9. The molecule has 0 spiro atoms. The Morgan fingerprint density at radius 3 is 2.55 bits per heavy atom. The number of hydrogen-bond donors (Lipinski definition) is 0. The van der Waals surface area contributed by atoms with Crippen LogP contribution in [0.1, 0.15) is 17.9 Å². The predicted octanol–water partition coefficient (Wildman–Crippen LogP) is 4.95. The molecule has 1 heterocycles. The molecular weight excluding hydrogens is 342 g/mol. The van der Waals surface area contributed by atoms with E-state index in [1.54, 1.807) is 23.2 Å². The SMILES string of the molecule is O=C(Oc1ccccc1)N1C=CC[C@@H](c2ccc(Br)cc2)C1. The van der Waals surface area contributed by atoms with Crippen LogP contribution in [0, 0.1) is 0 Å². The van der Waals surface area contributed by atoms with Gasteiger partial charge in [-0.15, -0.1) is 0 Å². The van der Waals surface area contributed by atoms with Crippen LogP contribution in [0.25, 0.3) is 0 Å². The fourth-order valence-corrected chi connectivity index (χ4v) is 2.75. The smallest absolute Gasteiger partial charge is 0.410 e. The fraction of sp³-hybridized carbons (Fsp3) is 0.167. The largest absolute Gasteiger partial charge is 0.419 e. The number of allylic oxidation sites excluding steroid dienone is 1. The third-order valence-corrected chi connectivity index (χ3v) is 4.18. The van der Waals surface area contributed by atoms with E-state index in [0.717, 1.165) is 10.9 Å². The molecule has 3 rings (SSSR count). The molecule has 0 radical (unpaired) electrons. The van der Waals surface area contributed by atoms with E-state index >= 15 is 0 Å². The number of rotatable bonds is 2. The van der Waals surface area contributed by atoms with E-state index in [0.29, 0.717) is 18.2 Å². The van der Waals surface area contributed by atoms with Gasteiger partial charge in [-0.25, -0.2) is 4.79 Å². The lowest BCUT2D eigenvalue weighted by Gasteiger charge is -2.27. The van der Waals surface area contributed by atoms with Crippen molar-refractivity contribution in [3.63, 3.8) is 0 Å². The molecule has 1 atom stereocenters. The lowest BCUT2D eigenvalue weighted by Crippen LogP contribution is -2.34. The molecule has 22 heavy (non-hydrogen) atoms. The summed E-state index contributed by atoms with van der Waals surface area (Å²) in [7, 11) is 0. The van der Waals surface area contributed by atoms with E-state index in [9.17, 15) is 4.79 Å². The van der Waals surface area contributed by atoms with Gasteiger partial charge in [-0.3, -0.25) is 4.90 Å². The zero-order valence-electron chi connectivity index (χ0n) is 12.0. The Bertz CT molecular complexity index is 667. The van der Waals surface area contributed by atoms with E-state index in [-0.39, 0.29) is 6.09 Å².